The minimum absolute atomic E-state index is 0.177. The van der Waals surface area contributed by atoms with Gasteiger partial charge in [0.25, 0.3) is 0 Å². The number of benzene rings is 1. The third-order valence-corrected chi connectivity index (χ3v) is 4.52. The van der Waals surface area contributed by atoms with Crippen molar-refractivity contribution < 1.29 is 8.42 Å². The molecule has 9 heteroatoms. The van der Waals surface area contributed by atoms with Gasteiger partial charge < -0.3 is 4.90 Å². The molecule has 0 bridgehead atoms. The standard InChI is InChI=1S/C13H20Cl2N4O2S/c1-18(2)13-5-3-12(4-6-13)11-16-17-22(20,21)19(9-7-14)10-8-15/h3-6,11,17H,7-10H2,1-2H3/b16-11+. The topological polar surface area (TPSA) is 65.0 Å². The predicted molar refractivity (Wildman–Crippen MR) is 93.4 cm³/mol. The van der Waals surface area contributed by atoms with Crippen molar-refractivity contribution in [2.24, 2.45) is 5.10 Å². The molecule has 0 saturated heterocycles. The van der Waals surface area contributed by atoms with Crippen LogP contribution >= 0.6 is 23.2 Å². The molecule has 0 radical (unpaired) electrons. The summed E-state index contributed by atoms with van der Waals surface area (Å²) in [5.74, 6) is 0.376. The second-order valence-corrected chi connectivity index (χ2v) is 7.02. The van der Waals surface area contributed by atoms with Crippen molar-refractivity contribution in [3.63, 3.8) is 0 Å². The summed E-state index contributed by atoms with van der Waals surface area (Å²) in [5, 5.41) is 3.77. The summed E-state index contributed by atoms with van der Waals surface area (Å²) in [5.41, 5.74) is 1.84. The van der Waals surface area contributed by atoms with Gasteiger partial charge in [-0.1, -0.05) is 12.1 Å². The van der Waals surface area contributed by atoms with Crippen molar-refractivity contribution in [3.8, 4) is 0 Å². The molecule has 0 saturated carbocycles. The van der Waals surface area contributed by atoms with E-state index in [-0.39, 0.29) is 24.8 Å². The monoisotopic (exact) mass is 366 g/mol. The number of rotatable bonds is 9. The van der Waals surface area contributed by atoms with Gasteiger partial charge in [0.1, 0.15) is 0 Å². The molecule has 0 atom stereocenters. The molecule has 0 aliphatic carbocycles. The molecule has 6 nitrogen and oxygen atoms in total. The Morgan fingerprint density at radius 2 is 1.68 bits per heavy atom. The summed E-state index contributed by atoms with van der Waals surface area (Å²) in [7, 11) is 0.158. The van der Waals surface area contributed by atoms with Crippen LogP contribution < -0.4 is 9.73 Å². The molecule has 1 aromatic carbocycles. The Balaban J connectivity index is 2.70. The minimum atomic E-state index is -3.73. The Hall–Kier alpha value is -1.02. The van der Waals surface area contributed by atoms with Crippen LogP contribution in [0.15, 0.2) is 29.4 Å². The number of hydrogen-bond donors (Lipinski definition) is 1. The molecule has 22 heavy (non-hydrogen) atoms. The van der Waals surface area contributed by atoms with E-state index in [2.05, 4.69) is 9.93 Å². The van der Waals surface area contributed by atoms with Crippen molar-refractivity contribution in [2.45, 2.75) is 0 Å². The number of halogens is 2. The average molecular weight is 367 g/mol. The van der Waals surface area contributed by atoms with Crippen LogP contribution in [-0.2, 0) is 10.2 Å². The number of hydrogen-bond acceptors (Lipinski definition) is 4. The van der Waals surface area contributed by atoms with Gasteiger partial charge in [0.15, 0.2) is 0 Å². The molecule has 1 rings (SSSR count). The summed E-state index contributed by atoms with van der Waals surface area (Å²) < 4.78 is 25.2. The third-order valence-electron chi connectivity index (χ3n) is 2.80. The van der Waals surface area contributed by atoms with E-state index >= 15 is 0 Å². The van der Waals surface area contributed by atoms with Crippen molar-refractivity contribution in [3.05, 3.63) is 29.8 Å². The lowest BCUT2D eigenvalue weighted by molar-refractivity contribution is 0.439. The molecule has 124 valence electrons. The Bertz CT molecular complexity index is 570. The average Bonchev–Trinajstić information content (AvgIpc) is 2.47. The number of hydrazone groups is 1. The van der Waals surface area contributed by atoms with Gasteiger partial charge in [-0.3, -0.25) is 0 Å². The van der Waals surface area contributed by atoms with Crippen molar-refractivity contribution >= 4 is 45.3 Å². The van der Waals surface area contributed by atoms with Crippen molar-refractivity contribution in [1.29, 1.82) is 0 Å². The number of nitrogens with one attached hydrogen (secondary N) is 1. The van der Waals surface area contributed by atoms with E-state index in [0.29, 0.717) is 0 Å². The van der Waals surface area contributed by atoms with Crippen LogP contribution in [0.5, 0.6) is 0 Å². The molecular formula is C13H20Cl2N4O2S. The molecule has 0 fully saturated rings. The van der Waals surface area contributed by atoms with Gasteiger partial charge in [-0.2, -0.15) is 22.7 Å². The molecule has 0 heterocycles. The highest BCUT2D eigenvalue weighted by Crippen LogP contribution is 2.10. The molecule has 0 aliphatic rings. The summed E-state index contributed by atoms with van der Waals surface area (Å²) >= 11 is 11.2. The second-order valence-electron chi connectivity index (χ2n) is 4.62. The lowest BCUT2D eigenvalue weighted by atomic mass is 10.2. The van der Waals surface area contributed by atoms with Crippen LogP contribution in [0.2, 0.25) is 0 Å². The van der Waals surface area contributed by atoms with E-state index in [1.54, 1.807) is 0 Å². The fraction of sp³-hybridized carbons (Fsp3) is 0.462. The molecule has 0 amide bonds. The van der Waals surface area contributed by atoms with Gasteiger partial charge in [-0.05, 0) is 17.7 Å². The fourth-order valence-electron chi connectivity index (χ4n) is 1.62. The summed E-state index contributed by atoms with van der Waals surface area (Å²) in [6.07, 6.45) is 1.44. The largest absolute Gasteiger partial charge is 0.378 e. The Labute approximate surface area is 141 Å². The maximum atomic E-state index is 12.0. The third kappa shape index (κ3) is 6.00. The van der Waals surface area contributed by atoms with E-state index in [1.807, 2.05) is 43.3 Å². The zero-order valence-corrected chi connectivity index (χ0v) is 14.9. The van der Waals surface area contributed by atoms with Gasteiger partial charge >= 0.3 is 10.2 Å². The van der Waals surface area contributed by atoms with Crippen molar-refractivity contribution in [1.82, 2.24) is 9.14 Å². The van der Waals surface area contributed by atoms with Crippen LogP contribution in [0.3, 0.4) is 0 Å². The molecule has 0 aliphatic heterocycles. The Kier molecular flexibility index (Phi) is 7.95. The van der Waals surface area contributed by atoms with Crippen LogP contribution in [0.4, 0.5) is 5.69 Å². The lowest BCUT2D eigenvalue weighted by Gasteiger charge is -2.18. The summed E-state index contributed by atoms with van der Waals surface area (Å²) in [6.45, 7) is 0.354. The molecule has 1 aromatic rings. The van der Waals surface area contributed by atoms with E-state index in [4.69, 9.17) is 23.2 Å². The zero-order valence-electron chi connectivity index (χ0n) is 12.5. The smallest absolute Gasteiger partial charge is 0.316 e. The molecular weight excluding hydrogens is 347 g/mol. The van der Waals surface area contributed by atoms with Gasteiger partial charge in [-0.25, -0.2) is 0 Å². The van der Waals surface area contributed by atoms with Crippen LogP contribution in [-0.4, -0.2) is 57.9 Å². The van der Waals surface area contributed by atoms with Crippen LogP contribution in [0.1, 0.15) is 5.56 Å². The number of nitrogens with zero attached hydrogens (tertiary/aromatic N) is 3. The number of alkyl halides is 2. The van der Waals surface area contributed by atoms with Crippen LogP contribution in [0, 0.1) is 0 Å². The van der Waals surface area contributed by atoms with Crippen molar-refractivity contribution in [2.75, 3.05) is 43.8 Å². The first kappa shape index (κ1) is 19.0. The highest BCUT2D eigenvalue weighted by Gasteiger charge is 2.19. The Morgan fingerprint density at radius 3 is 2.14 bits per heavy atom. The van der Waals surface area contributed by atoms with E-state index in [9.17, 15) is 8.42 Å². The van der Waals surface area contributed by atoms with Gasteiger partial charge in [-0.15, -0.1) is 23.2 Å². The second kappa shape index (κ2) is 9.19. The van der Waals surface area contributed by atoms with E-state index in [1.165, 1.54) is 6.21 Å². The maximum absolute atomic E-state index is 12.0. The maximum Gasteiger partial charge on any atom is 0.316 e. The van der Waals surface area contributed by atoms with Crippen LogP contribution in [0.25, 0.3) is 0 Å². The van der Waals surface area contributed by atoms with Gasteiger partial charge in [0.2, 0.25) is 0 Å². The highest BCUT2D eigenvalue weighted by atomic mass is 35.5. The fourth-order valence-corrected chi connectivity index (χ4v) is 3.20. The quantitative estimate of drug-likeness (QED) is 0.411. The first-order valence-electron chi connectivity index (χ1n) is 6.60. The van der Waals surface area contributed by atoms with E-state index < -0.39 is 10.2 Å². The first-order chi connectivity index (χ1) is 10.4. The normalized spacial score (nSPS) is 12.0. The zero-order chi connectivity index (χ0) is 16.6. The van der Waals surface area contributed by atoms with E-state index in [0.717, 1.165) is 15.6 Å². The summed E-state index contributed by atoms with van der Waals surface area (Å²) in [6, 6.07) is 7.54. The minimum Gasteiger partial charge on any atom is -0.378 e. The van der Waals surface area contributed by atoms with Gasteiger partial charge in [0.05, 0.1) is 6.21 Å². The Morgan fingerprint density at radius 1 is 1.14 bits per heavy atom. The molecule has 0 aromatic heterocycles. The molecule has 0 unspecified atom stereocenters. The van der Waals surface area contributed by atoms with Gasteiger partial charge in [0, 0.05) is 44.6 Å². The first-order valence-corrected chi connectivity index (χ1v) is 9.11. The SMILES string of the molecule is CN(C)c1ccc(/C=N/NS(=O)(=O)N(CCCl)CCCl)cc1. The number of anilines is 1. The summed E-state index contributed by atoms with van der Waals surface area (Å²) in [4.78, 5) is 4.13. The molecule has 0 spiro atoms. The highest BCUT2D eigenvalue weighted by molar-refractivity contribution is 7.87. The lowest BCUT2D eigenvalue weighted by Crippen LogP contribution is -2.40. The predicted octanol–water partition coefficient (Wildman–Crippen LogP) is 1.70. The molecule has 1 N–H and O–H groups in total.